The number of thioether (sulfide) groups is 1. The van der Waals surface area contributed by atoms with E-state index in [0.717, 1.165) is 17.3 Å². The molecule has 8 nitrogen and oxygen atoms in total. The predicted octanol–water partition coefficient (Wildman–Crippen LogP) is 2.16. The normalized spacial score (nSPS) is 10.6. The summed E-state index contributed by atoms with van der Waals surface area (Å²) in [4.78, 5) is 19.6. The maximum Gasteiger partial charge on any atom is 0.277 e. The van der Waals surface area contributed by atoms with Crippen LogP contribution in [0.2, 0.25) is 0 Å². The number of carbonyl (C=O) groups excluding carboxylic acids is 1. The van der Waals surface area contributed by atoms with Gasteiger partial charge in [0.1, 0.15) is 5.76 Å². The number of nitrogens with one attached hydrogen (secondary N) is 1. The smallest absolute Gasteiger partial charge is 0.277 e. The van der Waals surface area contributed by atoms with Gasteiger partial charge in [0.25, 0.3) is 11.1 Å². The molecule has 0 atom stereocenters. The third-order valence-corrected chi connectivity index (χ3v) is 3.46. The first-order chi connectivity index (χ1) is 10.7. The molecule has 1 N–H and O–H groups in total. The van der Waals surface area contributed by atoms with Crippen LogP contribution in [0.15, 0.2) is 44.8 Å². The van der Waals surface area contributed by atoms with Crippen molar-refractivity contribution < 1.29 is 13.6 Å². The van der Waals surface area contributed by atoms with Gasteiger partial charge < -0.3 is 8.83 Å². The summed E-state index contributed by atoms with van der Waals surface area (Å²) < 4.78 is 10.7. The van der Waals surface area contributed by atoms with Gasteiger partial charge in [-0.05, 0) is 19.1 Å². The topological polar surface area (TPSA) is 107 Å². The van der Waals surface area contributed by atoms with Gasteiger partial charge >= 0.3 is 0 Å². The first-order valence-electron chi connectivity index (χ1n) is 6.30. The first kappa shape index (κ1) is 14.3. The van der Waals surface area contributed by atoms with E-state index in [1.165, 1.54) is 0 Å². The van der Waals surface area contributed by atoms with Gasteiger partial charge in [0.2, 0.25) is 11.9 Å². The summed E-state index contributed by atoms with van der Waals surface area (Å²) in [6.07, 6.45) is 4.65. The second kappa shape index (κ2) is 6.39. The number of nitrogens with zero attached hydrogens (tertiary/aromatic N) is 4. The minimum atomic E-state index is -0.254. The summed E-state index contributed by atoms with van der Waals surface area (Å²) in [6.45, 7) is 1.81. The Labute approximate surface area is 129 Å². The lowest BCUT2D eigenvalue weighted by atomic mass is 10.3. The molecule has 3 rings (SSSR count). The summed E-state index contributed by atoms with van der Waals surface area (Å²) >= 11 is 1.13. The molecule has 0 bridgehead atoms. The number of hydrogen-bond acceptors (Lipinski definition) is 8. The predicted molar refractivity (Wildman–Crippen MR) is 78.1 cm³/mol. The fourth-order valence-corrected chi connectivity index (χ4v) is 2.20. The van der Waals surface area contributed by atoms with Crippen molar-refractivity contribution in [2.45, 2.75) is 12.1 Å². The Hall–Kier alpha value is -2.68. The van der Waals surface area contributed by atoms with Crippen molar-refractivity contribution in [3.63, 3.8) is 0 Å². The quantitative estimate of drug-likeness (QED) is 0.713. The lowest BCUT2D eigenvalue weighted by molar-refractivity contribution is -0.113. The third kappa shape index (κ3) is 3.31. The van der Waals surface area contributed by atoms with E-state index in [2.05, 4.69) is 25.5 Å². The molecule has 22 heavy (non-hydrogen) atoms. The van der Waals surface area contributed by atoms with Crippen molar-refractivity contribution >= 4 is 23.6 Å². The summed E-state index contributed by atoms with van der Waals surface area (Å²) in [6, 6.07) is 3.42. The number of hydrogen-bond donors (Lipinski definition) is 1. The zero-order valence-corrected chi connectivity index (χ0v) is 12.3. The average molecular weight is 317 g/mol. The highest BCUT2D eigenvalue weighted by Crippen LogP contribution is 2.26. The number of rotatable bonds is 5. The average Bonchev–Trinajstić information content (AvgIpc) is 3.14. The zero-order chi connectivity index (χ0) is 15.4. The van der Waals surface area contributed by atoms with Crippen molar-refractivity contribution in [2.24, 2.45) is 0 Å². The maximum absolute atomic E-state index is 11.8. The van der Waals surface area contributed by atoms with Crippen molar-refractivity contribution in [1.29, 1.82) is 0 Å². The molecule has 0 aliphatic rings. The maximum atomic E-state index is 11.8. The van der Waals surface area contributed by atoms with Gasteiger partial charge in [0, 0.05) is 12.4 Å². The monoisotopic (exact) mass is 317 g/mol. The van der Waals surface area contributed by atoms with E-state index in [0.29, 0.717) is 16.9 Å². The van der Waals surface area contributed by atoms with Gasteiger partial charge in [-0.3, -0.25) is 10.1 Å². The summed E-state index contributed by atoms with van der Waals surface area (Å²) in [5.74, 6) is 1.17. The van der Waals surface area contributed by atoms with E-state index >= 15 is 0 Å². The lowest BCUT2D eigenvalue weighted by Crippen LogP contribution is -2.15. The number of furan rings is 1. The molecule has 0 radical (unpaired) electrons. The molecule has 3 heterocycles. The van der Waals surface area contributed by atoms with E-state index in [4.69, 9.17) is 8.83 Å². The summed E-state index contributed by atoms with van der Waals surface area (Å²) in [5, 5.41) is 10.7. The van der Waals surface area contributed by atoms with Gasteiger partial charge in [0.05, 0.1) is 17.6 Å². The van der Waals surface area contributed by atoms with Gasteiger partial charge in [-0.25, -0.2) is 9.97 Å². The summed E-state index contributed by atoms with van der Waals surface area (Å²) in [5.41, 5.74) is 0.737. The molecular weight excluding hydrogens is 306 g/mol. The van der Waals surface area contributed by atoms with Crippen LogP contribution in [0.3, 0.4) is 0 Å². The Morgan fingerprint density at radius 2 is 2.14 bits per heavy atom. The molecule has 0 aliphatic heterocycles. The van der Waals surface area contributed by atoms with Gasteiger partial charge in [0.15, 0.2) is 0 Å². The fraction of sp³-hybridized carbons (Fsp3) is 0.154. The molecule has 0 fully saturated rings. The number of anilines is 1. The van der Waals surface area contributed by atoms with Crippen LogP contribution in [0.1, 0.15) is 5.76 Å². The molecule has 3 aromatic heterocycles. The van der Waals surface area contributed by atoms with Crippen LogP contribution in [0.4, 0.5) is 5.95 Å². The number of aromatic nitrogens is 4. The van der Waals surface area contributed by atoms with E-state index in [-0.39, 0.29) is 17.6 Å². The summed E-state index contributed by atoms with van der Waals surface area (Å²) in [7, 11) is 0. The van der Waals surface area contributed by atoms with E-state index < -0.39 is 0 Å². The molecular formula is C13H11N5O3S. The van der Waals surface area contributed by atoms with Crippen molar-refractivity contribution in [1.82, 2.24) is 20.2 Å². The second-order valence-corrected chi connectivity index (χ2v) is 5.10. The Balaban J connectivity index is 1.57. The largest absolute Gasteiger partial charge is 0.469 e. The number of amides is 1. The molecule has 9 heteroatoms. The minimum absolute atomic E-state index is 0.115. The highest BCUT2D eigenvalue weighted by Gasteiger charge is 2.14. The van der Waals surface area contributed by atoms with Gasteiger partial charge in [-0.15, -0.1) is 10.2 Å². The van der Waals surface area contributed by atoms with E-state index in [1.54, 1.807) is 37.7 Å². The Morgan fingerprint density at radius 1 is 1.32 bits per heavy atom. The Kier molecular flexibility index (Phi) is 4.15. The number of aryl methyl sites for hydroxylation is 1. The highest BCUT2D eigenvalue weighted by molar-refractivity contribution is 7.99. The van der Waals surface area contributed by atoms with Crippen molar-refractivity contribution in [3.8, 4) is 11.5 Å². The fourth-order valence-electron chi connectivity index (χ4n) is 1.64. The molecule has 1 amide bonds. The number of carbonyl (C=O) groups is 1. The van der Waals surface area contributed by atoms with Gasteiger partial charge in [-0.2, -0.15) is 0 Å². The molecule has 112 valence electrons. The molecule has 0 saturated carbocycles. The molecule has 0 saturated heterocycles. The lowest BCUT2D eigenvalue weighted by Gasteiger charge is -2.00. The Morgan fingerprint density at radius 3 is 2.86 bits per heavy atom. The van der Waals surface area contributed by atoms with Crippen LogP contribution in [-0.2, 0) is 4.79 Å². The molecule has 0 aromatic carbocycles. The second-order valence-electron chi connectivity index (χ2n) is 4.17. The molecule has 0 unspecified atom stereocenters. The minimum Gasteiger partial charge on any atom is -0.469 e. The van der Waals surface area contributed by atoms with Crippen LogP contribution in [0.25, 0.3) is 11.5 Å². The molecule has 0 spiro atoms. The standard InChI is InChI=1S/C13H11N5O3S/c1-8-9(3-6-20-8)11-17-18-13(21-11)22-7-10(19)16-12-14-4-2-5-15-12/h2-6H,7H2,1H3,(H,14,15,16,19). The van der Waals surface area contributed by atoms with Crippen LogP contribution in [-0.4, -0.2) is 31.8 Å². The highest BCUT2D eigenvalue weighted by atomic mass is 32.2. The SMILES string of the molecule is Cc1occc1-c1nnc(SCC(=O)Nc2ncccn2)o1. The van der Waals surface area contributed by atoms with Crippen molar-refractivity contribution in [2.75, 3.05) is 11.1 Å². The zero-order valence-electron chi connectivity index (χ0n) is 11.5. The van der Waals surface area contributed by atoms with E-state index in [1.807, 2.05) is 0 Å². The molecule has 3 aromatic rings. The van der Waals surface area contributed by atoms with E-state index in [9.17, 15) is 4.79 Å². The third-order valence-electron chi connectivity index (χ3n) is 2.64. The van der Waals surface area contributed by atoms with Crippen molar-refractivity contribution in [3.05, 3.63) is 36.5 Å². The van der Waals surface area contributed by atoms with Crippen LogP contribution >= 0.6 is 11.8 Å². The van der Waals surface area contributed by atoms with Gasteiger partial charge in [-0.1, -0.05) is 11.8 Å². The molecule has 0 aliphatic carbocycles. The van der Waals surface area contributed by atoms with Crippen LogP contribution in [0.5, 0.6) is 0 Å². The van der Waals surface area contributed by atoms with Crippen LogP contribution < -0.4 is 5.32 Å². The Bertz CT molecular complexity index is 771. The first-order valence-corrected chi connectivity index (χ1v) is 7.28. The van der Waals surface area contributed by atoms with Crippen LogP contribution in [0, 0.1) is 6.92 Å².